The van der Waals surface area contributed by atoms with Crippen molar-refractivity contribution in [3.8, 4) is 0 Å². The molecule has 6 aliphatic rings. The molecule has 6 heterocycles. The molecular formula is C37H64O31. The first kappa shape index (κ1) is 56.1. The molecule has 31 nitrogen and oxygen atoms in total. The molecule has 0 spiro atoms. The number of aliphatic hydroxyl groups is 19. The maximum atomic E-state index is 11.6. The van der Waals surface area contributed by atoms with E-state index in [2.05, 4.69) is 0 Å². The van der Waals surface area contributed by atoms with Crippen molar-refractivity contribution >= 4 is 0 Å². The Labute approximate surface area is 384 Å². The second-order valence-electron chi connectivity index (χ2n) is 17.0. The van der Waals surface area contributed by atoms with Gasteiger partial charge in [0, 0.05) is 7.11 Å². The standard InChI is InChI=1S/C37H64O31/c1-57-32-22(52)27(15(45)9(3-39)58-32)65-34-24(54)29(17(47)11(5-41)60-34)67-36-26(56)31(19(49)13(7-43)62-36)68-37-25(55)30(18(48)12(6-42)63-37)66-35-23(53)28(16(46)10(4-40)61-35)64-33-21(51)20(50)14(44)8(2-38)59-33/h8-56H,2-7H2,1H3/t8?,9?,10?,11?,12?,13?,14?,15-,16-,17?,18?,19-,20?,21?,22?,23?,24?,25?,26?,27-,28-,29?,30?,31-,32+,33?,34?,35-,36-,37?/m0/s1. The Morgan fingerprint density at radius 2 is 0.441 bits per heavy atom. The Bertz CT molecular complexity index is 1510. The van der Waals surface area contributed by atoms with Crippen LogP contribution in [0.5, 0.6) is 0 Å². The molecule has 0 aromatic heterocycles. The van der Waals surface area contributed by atoms with Gasteiger partial charge in [-0.05, 0) is 0 Å². The Morgan fingerprint density at radius 3 is 0.662 bits per heavy atom. The van der Waals surface area contributed by atoms with Gasteiger partial charge in [-0.2, -0.15) is 0 Å². The third-order valence-electron chi connectivity index (χ3n) is 12.6. The first-order valence-electron chi connectivity index (χ1n) is 21.5. The minimum atomic E-state index is -2.25. The van der Waals surface area contributed by atoms with Crippen LogP contribution in [0.2, 0.25) is 0 Å². The number of hydrogen-bond donors (Lipinski definition) is 19. The molecule has 30 atom stereocenters. The van der Waals surface area contributed by atoms with E-state index in [0.29, 0.717) is 0 Å². The predicted octanol–water partition coefficient (Wildman–Crippen LogP) is -13.4. The molecule has 0 radical (unpaired) electrons. The lowest BCUT2D eigenvalue weighted by Gasteiger charge is -2.50. The van der Waals surface area contributed by atoms with Crippen LogP contribution in [0.4, 0.5) is 0 Å². The van der Waals surface area contributed by atoms with Crippen molar-refractivity contribution in [1.29, 1.82) is 0 Å². The van der Waals surface area contributed by atoms with Gasteiger partial charge in [-0.25, -0.2) is 0 Å². The molecule has 21 unspecified atom stereocenters. The van der Waals surface area contributed by atoms with Crippen LogP contribution in [0.15, 0.2) is 0 Å². The average molecular weight is 1000 g/mol. The summed E-state index contributed by atoms with van der Waals surface area (Å²) in [5.41, 5.74) is 0. The molecule has 398 valence electrons. The van der Waals surface area contributed by atoms with Crippen LogP contribution in [-0.4, -0.2) is 328 Å². The number of aliphatic hydroxyl groups excluding tert-OH is 19. The molecule has 0 saturated carbocycles. The normalized spacial score (nSPS) is 52.8. The monoisotopic (exact) mass is 1000 g/mol. The van der Waals surface area contributed by atoms with Gasteiger partial charge >= 0.3 is 0 Å². The molecule has 0 aromatic rings. The largest absolute Gasteiger partial charge is 0.394 e. The summed E-state index contributed by atoms with van der Waals surface area (Å²) in [5, 5.41) is 202. The highest BCUT2D eigenvalue weighted by Gasteiger charge is 2.58. The third-order valence-corrected chi connectivity index (χ3v) is 12.6. The van der Waals surface area contributed by atoms with E-state index in [1.807, 2.05) is 0 Å². The van der Waals surface area contributed by atoms with Crippen LogP contribution in [0.3, 0.4) is 0 Å². The zero-order valence-corrected chi connectivity index (χ0v) is 36.0. The van der Waals surface area contributed by atoms with E-state index in [-0.39, 0.29) is 0 Å². The zero-order valence-electron chi connectivity index (χ0n) is 36.0. The minimum Gasteiger partial charge on any atom is -0.394 e. The predicted molar refractivity (Wildman–Crippen MR) is 204 cm³/mol. The van der Waals surface area contributed by atoms with Crippen LogP contribution < -0.4 is 0 Å². The quantitative estimate of drug-likeness (QED) is 0.0643. The molecule has 6 saturated heterocycles. The maximum Gasteiger partial charge on any atom is 0.187 e. The van der Waals surface area contributed by atoms with E-state index in [9.17, 15) is 97.0 Å². The summed E-state index contributed by atoms with van der Waals surface area (Å²) in [5.74, 6) is 0. The van der Waals surface area contributed by atoms with E-state index < -0.39 is 224 Å². The molecule has 19 N–H and O–H groups in total. The fourth-order valence-corrected chi connectivity index (χ4v) is 8.67. The molecule has 0 aliphatic carbocycles. The number of ether oxygens (including phenoxy) is 12. The lowest BCUT2D eigenvalue weighted by molar-refractivity contribution is -0.398. The van der Waals surface area contributed by atoms with E-state index in [1.54, 1.807) is 0 Å². The van der Waals surface area contributed by atoms with Gasteiger partial charge in [0.2, 0.25) is 0 Å². The van der Waals surface area contributed by atoms with Crippen molar-refractivity contribution in [2.45, 2.75) is 184 Å². The minimum absolute atomic E-state index is 0.775. The SMILES string of the molecule is CO[C@@H]1OC(CO)[C@H](O)[C@H](OC2OC(CO)C(O)C(O[C@@H]3OC(CO)[C@H](O)[C@H](OC4OC(CO)C(O)C(O[C@@H]5OC(CO)[C@H](O)[C@H](OC6OC(CO)C(O)C(O)C6O)C5O)C4O)C3O)C2O)C1O. The van der Waals surface area contributed by atoms with Crippen LogP contribution >= 0.6 is 0 Å². The summed E-state index contributed by atoms with van der Waals surface area (Å²) < 4.78 is 66.2. The number of hydrogen-bond acceptors (Lipinski definition) is 31. The fraction of sp³-hybridized carbons (Fsp3) is 1.00. The summed E-state index contributed by atoms with van der Waals surface area (Å²) in [4.78, 5) is 0. The van der Waals surface area contributed by atoms with Crippen molar-refractivity contribution in [3.63, 3.8) is 0 Å². The molecule has 31 heteroatoms. The average Bonchev–Trinajstić information content (AvgIpc) is 3.33. The first-order chi connectivity index (χ1) is 32.3. The molecule has 6 aliphatic heterocycles. The van der Waals surface area contributed by atoms with Crippen LogP contribution in [-0.2, 0) is 56.8 Å². The number of methoxy groups -OCH3 is 1. The zero-order chi connectivity index (χ0) is 50.0. The van der Waals surface area contributed by atoms with Crippen molar-refractivity contribution in [3.05, 3.63) is 0 Å². The second kappa shape index (κ2) is 24.2. The topological polar surface area (TPSA) is 495 Å². The van der Waals surface area contributed by atoms with Gasteiger partial charge in [-0.15, -0.1) is 0 Å². The van der Waals surface area contributed by atoms with Gasteiger partial charge in [0.05, 0.1) is 39.6 Å². The van der Waals surface area contributed by atoms with E-state index in [4.69, 9.17) is 56.8 Å². The van der Waals surface area contributed by atoms with Crippen molar-refractivity contribution in [1.82, 2.24) is 0 Å². The van der Waals surface area contributed by atoms with Gasteiger partial charge in [0.25, 0.3) is 0 Å². The molecule has 0 aromatic carbocycles. The Hall–Kier alpha value is -1.24. The van der Waals surface area contributed by atoms with Crippen LogP contribution in [0.1, 0.15) is 0 Å². The smallest absolute Gasteiger partial charge is 0.187 e. The molecule has 0 amide bonds. The van der Waals surface area contributed by atoms with Crippen molar-refractivity contribution in [2.75, 3.05) is 46.8 Å². The van der Waals surface area contributed by atoms with Gasteiger partial charge < -0.3 is 154 Å². The van der Waals surface area contributed by atoms with Crippen molar-refractivity contribution < 1.29 is 154 Å². The highest BCUT2D eigenvalue weighted by atomic mass is 16.8. The summed E-state index contributed by atoms with van der Waals surface area (Å²) in [6, 6.07) is 0. The third kappa shape index (κ3) is 11.3. The molecule has 6 fully saturated rings. The summed E-state index contributed by atoms with van der Waals surface area (Å²) in [6.45, 7) is -5.65. The van der Waals surface area contributed by atoms with Crippen LogP contribution in [0, 0.1) is 0 Å². The molecule has 68 heavy (non-hydrogen) atoms. The van der Waals surface area contributed by atoms with Gasteiger partial charge in [-0.1, -0.05) is 0 Å². The van der Waals surface area contributed by atoms with Crippen molar-refractivity contribution in [2.24, 2.45) is 0 Å². The highest BCUT2D eigenvalue weighted by Crippen LogP contribution is 2.37. The molecule has 6 rings (SSSR count). The fourth-order valence-electron chi connectivity index (χ4n) is 8.67. The lowest BCUT2D eigenvalue weighted by Crippen LogP contribution is -2.68. The Balaban J connectivity index is 1.19. The van der Waals surface area contributed by atoms with Gasteiger partial charge in [0.1, 0.15) is 146 Å². The Morgan fingerprint density at radius 1 is 0.250 bits per heavy atom. The maximum absolute atomic E-state index is 11.6. The van der Waals surface area contributed by atoms with E-state index >= 15 is 0 Å². The van der Waals surface area contributed by atoms with E-state index in [0.717, 1.165) is 7.11 Å². The highest BCUT2D eigenvalue weighted by molar-refractivity contribution is 5.00. The lowest BCUT2D eigenvalue weighted by atomic mass is 9.95. The summed E-state index contributed by atoms with van der Waals surface area (Å²) in [7, 11) is 1.14. The summed E-state index contributed by atoms with van der Waals surface area (Å²) in [6.07, 6.45) is -57.1. The van der Waals surface area contributed by atoms with Crippen LogP contribution in [0.25, 0.3) is 0 Å². The summed E-state index contributed by atoms with van der Waals surface area (Å²) >= 11 is 0. The second-order valence-corrected chi connectivity index (χ2v) is 17.0. The van der Waals surface area contributed by atoms with Gasteiger partial charge in [-0.3, -0.25) is 0 Å². The molecular weight excluding hydrogens is 940 g/mol. The van der Waals surface area contributed by atoms with E-state index in [1.165, 1.54) is 0 Å². The molecule has 0 bridgehead atoms. The number of rotatable bonds is 17. The first-order valence-corrected chi connectivity index (χ1v) is 21.5. The Kier molecular flexibility index (Phi) is 19.9. The van der Waals surface area contributed by atoms with Gasteiger partial charge in [0.15, 0.2) is 37.7 Å².